The molecule has 0 bridgehead atoms. The van der Waals surface area contributed by atoms with Crippen molar-refractivity contribution in [3.05, 3.63) is 64.3 Å². The van der Waals surface area contributed by atoms with Crippen LogP contribution in [0.1, 0.15) is 34.3 Å². The Hall–Kier alpha value is -3.00. The summed E-state index contributed by atoms with van der Waals surface area (Å²) in [6.45, 7) is 0.975. The second-order valence-electron chi connectivity index (χ2n) is 8.59. The van der Waals surface area contributed by atoms with Crippen molar-refractivity contribution in [2.75, 3.05) is 6.54 Å². The second kappa shape index (κ2) is 6.75. The molecule has 2 aromatic heterocycles. The normalized spacial score (nSPS) is 24.3. The van der Waals surface area contributed by atoms with Crippen molar-refractivity contribution in [2.24, 2.45) is 5.92 Å². The minimum Gasteiger partial charge on any atom is -0.336 e. The van der Waals surface area contributed by atoms with Crippen LogP contribution in [0.15, 0.2) is 36.8 Å². The number of fused-ring (bicyclic) bond motifs is 3. The zero-order valence-electron chi connectivity index (χ0n) is 16.5. The molecule has 0 radical (unpaired) electrons. The van der Waals surface area contributed by atoms with E-state index >= 15 is 0 Å². The molecule has 0 unspecified atom stereocenters. The summed E-state index contributed by atoms with van der Waals surface area (Å²) in [6, 6.07) is 5.93. The van der Waals surface area contributed by atoms with Crippen molar-refractivity contribution in [3.63, 3.8) is 0 Å². The van der Waals surface area contributed by atoms with Crippen LogP contribution in [-0.2, 0) is 17.8 Å². The summed E-state index contributed by atoms with van der Waals surface area (Å²) in [5.74, 6) is -0.111. The van der Waals surface area contributed by atoms with E-state index in [1.165, 1.54) is 12.4 Å². The van der Waals surface area contributed by atoms with E-state index in [9.17, 15) is 14.0 Å². The van der Waals surface area contributed by atoms with E-state index in [0.29, 0.717) is 48.1 Å². The lowest BCUT2D eigenvalue weighted by atomic mass is 9.98. The number of likely N-dealkylation sites (tertiary alicyclic amines) is 1. The molecule has 0 N–H and O–H groups in total. The van der Waals surface area contributed by atoms with Crippen LogP contribution in [0.4, 0.5) is 4.39 Å². The van der Waals surface area contributed by atoms with E-state index in [2.05, 4.69) is 10.2 Å². The maximum absolute atomic E-state index is 13.5. The number of hydrogen-bond acceptors (Lipinski definition) is 4. The van der Waals surface area contributed by atoms with Gasteiger partial charge in [0.1, 0.15) is 18.2 Å². The van der Waals surface area contributed by atoms with E-state index in [4.69, 9.17) is 11.6 Å². The lowest BCUT2D eigenvalue weighted by molar-refractivity contribution is -0.136. The quantitative estimate of drug-likeness (QED) is 0.615. The molecular formula is C22H19ClFN5O2. The van der Waals surface area contributed by atoms with Gasteiger partial charge in [-0.25, -0.2) is 4.39 Å². The van der Waals surface area contributed by atoms with Gasteiger partial charge >= 0.3 is 0 Å². The number of carbonyl (C=O) groups excluding carboxylic acids is 2. The van der Waals surface area contributed by atoms with Gasteiger partial charge in [0.05, 0.1) is 10.6 Å². The lowest BCUT2D eigenvalue weighted by Gasteiger charge is -2.35. The monoisotopic (exact) mass is 439 g/mol. The molecule has 4 heterocycles. The van der Waals surface area contributed by atoms with Gasteiger partial charge in [-0.15, -0.1) is 10.2 Å². The van der Waals surface area contributed by atoms with E-state index in [1.54, 1.807) is 38.6 Å². The molecule has 7 nitrogen and oxygen atoms in total. The first-order chi connectivity index (χ1) is 15.0. The number of hydrogen-bond donors (Lipinski definition) is 0. The van der Waals surface area contributed by atoms with E-state index < -0.39 is 6.04 Å². The van der Waals surface area contributed by atoms with Crippen molar-refractivity contribution >= 4 is 29.1 Å². The molecule has 1 saturated heterocycles. The van der Waals surface area contributed by atoms with Crippen molar-refractivity contribution in [1.29, 1.82) is 0 Å². The topological polar surface area (TPSA) is 70.8 Å². The summed E-state index contributed by atoms with van der Waals surface area (Å²) < 4.78 is 15.1. The van der Waals surface area contributed by atoms with Gasteiger partial charge in [-0.1, -0.05) is 17.7 Å². The van der Waals surface area contributed by atoms with Crippen LogP contribution in [0.25, 0.3) is 5.65 Å². The summed E-state index contributed by atoms with van der Waals surface area (Å²) >= 11 is 6.28. The number of amides is 2. The fraction of sp³-hybridized carbons (Fsp3) is 0.364. The minimum absolute atomic E-state index is 0.0352. The number of carbonyl (C=O) groups is 2. The van der Waals surface area contributed by atoms with Gasteiger partial charge in [0.15, 0.2) is 5.65 Å². The largest absolute Gasteiger partial charge is 0.336 e. The molecule has 1 aromatic carbocycles. The molecule has 2 fully saturated rings. The smallest absolute Gasteiger partial charge is 0.256 e. The Bertz CT molecular complexity index is 1240. The zero-order valence-corrected chi connectivity index (χ0v) is 17.3. The Labute approximate surface area is 182 Å². The Morgan fingerprint density at radius 2 is 2.03 bits per heavy atom. The zero-order chi connectivity index (χ0) is 21.3. The molecule has 3 aromatic rings. The first-order valence-corrected chi connectivity index (χ1v) is 10.7. The van der Waals surface area contributed by atoms with E-state index in [1.807, 2.05) is 0 Å². The lowest BCUT2D eigenvalue weighted by Crippen LogP contribution is -2.50. The average molecular weight is 440 g/mol. The van der Waals surface area contributed by atoms with Crippen LogP contribution < -0.4 is 0 Å². The SMILES string of the molecule is O=C([C@H]1C[C@@H]2C[C@@H]2N1C(=O)c1cc(Cl)c2nncn2c1)N1CCc2cc(F)ccc2C1. The van der Waals surface area contributed by atoms with Gasteiger partial charge < -0.3 is 9.80 Å². The van der Waals surface area contributed by atoms with Gasteiger partial charge in [-0.3, -0.25) is 14.0 Å². The summed E-state index contributed by atoms with van der Waals surface area (Å²) in [4.78, 5) is 30.4. The molecular weight excluding hydrogens is 421 g/mol. The van der Waals surface area contributed by atoms with Gasteiger partial charge in [0.2, 0.25) is 5.91 Å². The fourth-order valence-electron chi connectivity index (χ4n) is 5.05. The molecule has 6 rings (SSSR count). The Morgan fingerprint density at radius 3 is 2.90 bits per heavy atom. The number of benzene rings is 1. The molecule has 1 aliphatic carbocycles. The van der Waals surface area contributed by atoms with Crippen molar-refractivity contribution < 1.29 is 14.0 Å². The molecule has 0 spiro atoms. The molecule has 2 amide bonds. The van der Waals surface area contributed by atoms with E-state index in [-0.39, 0.29) is 23.7 Å². The first-order valence-electron chi connectivity index (χ1n) is 10.4. The van der Waals surface area contributed by atoms with Gasteiger partial charge in [-0.05, 0) is 54.5 Å². The predicted molar refractivity (Wildman–Crippen MR) is 110 cm³/mol. The fourth-order valence-corrected chi connectivity index (χ4v) is 5.30. The predicted octanol–water partition coefficient (Wildman–Crippen LogP) is 2.71. The Kier molecular flexibility index (Phi) is 4.08. The number of halogens is 2. The molecule has 158 valence electrons. The van der Waals surface area contributed by atoms with Crippen molar-refractivity contribution in [3.8, 4) is 0 Å². The Balaban J connectivity index is 1.27. The average Bonchev–Trinajstić information content (AvgIpc) is 3.19. The van der Waals surface area contributed by atoms with Crippen LogP contribution in [0.5, 0.6) is 0 Å². The van der Waals surface area contributed by atoms with Crippen LogP contribution in [0.3, 0.4) is 0 Å². The third-order valence-corrected chi connectivity index (χ3v) is 6.99. The minimum atomic E-state index is -0.478. The number of piperidine rings is 1. The highest BCUT2D eigenvalue weighted by Gasteiger charge is 2.56. The molecule has 3 aliphatic rings. The molecule has 2 aliphatic heterocycles. The molecule has 31 heavy (non-hydrogen) atoms. The highest BCUT2D eigenvalue weighted by Crippen LogP contribution is 2.49. The third kappa shape index (κ3) is 3.00. The molecule has 1 saturated carbocycles. The summed E-state index contributed by atoms with van der Waals surface area (Å²) in [7, 11) is 0. The van der Waals surface area contributed by atoms with Crippen LogP contribution in [-0.4, -0.2) is 54.8 Å². The highest BCUT2D eigenvalue weighted by atomic mass is 35.5. The summed E-state index contributed by atoms with van der Waals surface area (Å²) in [6.07, 6.45) is 5.39. The standard InChI is InChI=1S/C22H19ClFN5O2/c23-17-6-15(10-28-11-25-26-20(17)28)21(30)29-18-7-14(18)8-19(29)22(31)27-4-3-12-5-16(24)2-1-13(12)9-27/h1-2,5-6,10-11,14,18-19H,3-4,7-9H2/t14-,18-,19+/m0/s1. The van der Waals surface area contributed by atoms with E-state index in [0.717, 1.165) is 17.5 Å². The maximum Gasteiger partial charge on any atom is 0.256 e. The first kappa shape index (κ1) is 18.7. The number of rotatable bonds is 2. The van der Waals surface area contributed by atoms with Crippen LogP contribution in [0.2, 0.25) is 5.02 Å². The number of pyridine rings is 1. The van der Waals surface area contributed by atoms with Gasteiger partial charge in [-0.2, -0.15) is 0 Å². The maximum atomic E-state index is 13.5. The number of aromatic nitrogens is 3. The summed E-state index contributed by atoms with van der Waals surface area (Å²) in [5, 5.41) is 8.12. The number of nitrogens with zero attached hydrogens (tertiary/aromatic N) is 5. The molecule has 9 heteroatoms. The Morgan fingerprint density at radius 1 is 1.16 bits per heavy atom. The second-order valence-corrected chi connectivity index (χ2v) is 9.00. The van der Waals surface area contributed by atoms with Crippen LogP contribution >= 0.6 is 11.6 Å². The molecule has 3 atom stereocenters. The van der Waals surface area contributed by atoms with Crippen molar-refractivity contribution in [1.82, 2.24) is 24.4 Å². The van der Waals surface area contributed by atoms with Crippen LogP contribution in [0, 0.1) is 11.7 Å². The van der Waals surface area contributed by atoms with Crippen molar-refractivity contribution in [2.45, 2.75) is 37.9 Å². The van der Waals surface area contributed by atoms with Gasteiger partial charge in [0, 0.05) is 25.3 Å². The highest BCUT2D eigenvalue weighted by molar-refractivity contribution is 6.33. The van der Waals surface area contributed by atoms with Gasteiger partial charge in [0.25, 0.3) is 5.91 Å². The summed E-state index contributed by atoms with van der Waals surface area (Å²) in [5.41, 5.74) is 2.82. The third-order valence-electron chi connectivity index (χ3n) is 6.71.